The van der Waals surface area contributed by atoms with Crippen LogP contribution in [0.3, 0.4) is 0 Å². The third-order valence-corrected chi connectivity index (χ3v) is 3.37. The molecule has 150 valence electrons. The van der Waals surface area contributed by atoms with Gasteiger partial charge in [-0.25, -0.2) is 13.2 Å². The lowest BCUT2D eigenvalue weighted by molar-refractivity contribution is -0.123. The molecule has 0 atom stereocenters. The zero-order valence-electron chi connectivity index (χ0n) is 14.7. The molecule has 0 aliphatic rings. The summed E-state index contributed by atoms with van der Waals surface area (Å²) in [6.45, 7) is 6.66. The fourth-order valence-electron chi connectivity index (χ4n) is 1.87. The molecular weight excluding hydrogens is 397 g/mol. The highest BCUT2D eigenvalue weighted by atomic mass is 35.5. The number of benzene rings is 1. The van der Waals surface area contributed by atoms with Gasteiger partial charge in [0.15, 0.2) is 6.61 Å². The summed E-state index contributed by atoms with van der Waals surface area (Å²) in [7, 11) is 0. The average Bonchev–Trinajstić information content (AvgIpc) is 2.64. The Bertz CT molecular complexity index is 823. The van der Waals surface area contributed by atoms with Gasteiger partial charge >= 0.3 is 0 Å². The van der Waals surface area contributed by atoms with Crippen LogP contribution in [-0.4, -0.2) is 25.0 Å². The molecule has 0 heterocycles. The third-order valence-electron chi connectivity index (χ3n) is 3.16. The second-order valence-corrected chi connectivity index (χ2v) is 5.53. The highest BCUT2D eigenvalue weighted by Crippen LogP contribution is 2.10. The van der Waals surface area contributed by atoms with Crippen LogP contribution in [0.4, 0.5) is 13.2 Å². The largest absolute Gasteiger partial charge is 0.484 e. The Labute approximate surface area is 165 Å². The van der Waals surface area contributed by atoms with E-state index in [1.165, 1.54) is 6.08 Å². The normalized spacial score (nSPS) is 11.6. The fourth-order valence-corrected chi connectivity index (χ4v) is 1.93. The Morgan fingerprint density at radius 2 is 2.00 bits per heavy atom. The standard InChI is InChI=1S/C19H18ClF3N2O3/c1-3-15(8-14(22)10-20)28-11-18(26)25-12(2)6-7-24-19(27)16-5-4-13(21)9-17(16)23/h3-5,8-10H,1-2,6-7,11H2,(H,24,27)(H,25,26)/b14-10-,15-8+. The number of ether oxygens (including phenoxy) is 1. The van der Waals surface area contributed by atoms with E-state index in [1.54, 1.807) is 0 Å². The number of carbonyl (C=O) groups is 2. The number of hydrogen-bond acceptors (Lipinski definition) is 3. The van der Waals surface area contributed by atoms with Crippen molar-refractivity contribution >= 4 is 23.4 Å². The van der Waals surface area contributed by atoms with Crippen LogP contribution in [0, 0.1) is 11.6 Å². The van der Waals surface area contributed by atoms with E-state index in [0.29, 0.717) is 11.6 Å². The molecule has 5 nitrogen and oxygen atoms in total. The van der Waals surface area contributed by atoms with Crippen molar-refractivity contribution in [3.63, 3.8) is 0 Å². The van der Waals surface area contributed by atoms with Gasteiger partial charge in [-0.3, -0.25) is 9.59 Å². The highest BCUT2D eigenvalue weighted by Gasteiger charge is 2.12. The zero-order valence-corrected chi connectivity index (χ0v) is 15.5. The van der Waals surface area contributed by atoms with Crippen LogP contribution >= 0.6 is 11.6 Å². The summed E-state index contributed by atoms with van der Waals surface area (Å²) < 4.78 is 44.4. The third kappa shape index (κ3) is 8.13. The lowest BCUT2D eigenvalue weighted by Gasteiger charge is -2.11. The lowest BCUT2D eigenvalue weighted by atomic mass is 10.2. The molecule has 0 bridgehead atoms. The van der Waals surface area contributed by atoms with Crippen molar-refractivity contribution in [1.82, 2.24) is 10.6 Å². The molecule has 0 radical (unpaired) electrons. The molecule has 2 N–H and O–H groups in total. The summed E-state index contributed by atoms with van der Waals surface area (Å²) >= 11 is 5.18. The van der Waals surface area contributed by atoms with Crippen molar-refractivity contribution in [3.05, 3.63) is 83.5 Å². The van der Waals surface area contributed by atoms with Gasteiger partial charge < -0.3 is 15.4 Å². The van der Waals surface area contributed by atoms with Crippen molar-refractivity contribution in [1.29, 1.82) is 0 Å². The summed E-state index contributed by atoms with van der Waals surface area (Å²) in [5.41, 5.74) is 0.664. The first-order valence-electron chi connectivity index (χ1n) is 7.90. The topological polar surface area (TPSA) is 67.4 Å². The summed E-state index contributed by atoms with van der Waals surface area (Å²) in [5.74, 6) is -3.82. The van der Waals surface area contributed by atoms with Crippen LogP contribution in [0.25, 0.3) is 0 Å². The summed E-state index contributed by atoms with van der Waals surface area (Å²) in [6, 6.07) is 2.60. The molecule has 0 saturated heterocycles. The number of carbonyl (C=O) groups excluding carboxylic acids is 2. The second-order valence-electron chi connectivity index (χ2n) is 5.32. The van der Waals surface area contributed by atoms with Gasteiger partial charge in [0.2, 0.25) is 0 Å². The Hall–Kier alpha value is -3.00. The molecule has 1 aromatic carbocycles. The van der Waals surface area contributed by atoms with Crippen molar-refractivity contribution in [3.8, 4) is 0 Å². The predicted octanol–water partition coefficient (Wildman–Crippen LogP) is 3.85. The minimum atomic E-state index is -0.978. The molecule has 9 heteroatoms. The van der Waals surface area contributed by atoms with Gasteiger partial charge in [-0.2, -0.15) is 0 Å². The maximum Gasteiger partial charge on any atom is 0.262 e. The molecule has 0 unspecified atom stereocenters. The maximum atomic E-state index is 13.5. The van der Waals surface area contributed by atoms with Gasteiger partial charge in [-0.1, -0.05) is 24.8 Å². The first-order valence-corrected chi connectivity index (χ1v) is 8.34. The van der Waals surface area contributed by atoms with E-state index < -0.39 is 35.9 Å². The monoisotopic (exact) mass is 414 g/mol. The summed E-state index contributed by atoms with van der Waals surface area (Å²) in [4.78, 5) is 23.6. The molecule has 0 fully saturated rings. The molecule has 1 aromatic rings. The van der Waals surface area contributed by atoms with E-state index in [-0.39, 0.29) is 30.0 Å². The predicted molar refractivity (Wildman–Crippen MR) is 99.9 cm³/mol. The Morgan fingerprint density at radius 1 is 1.29 bits per heavy atom. The van der Waals surface area contributed by atoms with Crippen LogP contribution < -0.4 is 10.6 Å². The van der Waals surface area contributed by atoms with E-state index in [2.05, 4.69) is 23.8 Å². The molecular formula is C19H18ClF3N2O3. The van der Waals surface area contributed by atoms with Gasteiger partial charge in [-0.05, 0) is 18.2 Å². The highest BCUT2D eigenvalue weighted by molar-refractivity contribution is 6.25. The summed E-state index contributed by atoms with van der Waals surface area (Å²) in [6.07, 6.45) is 2.31. The number of nitrogens with one attached hydrogen (secondary N) is 2. The first kappa shape index (κ1) is 23.0. The van der Waals surface area contributed by atoms with Crippen LogP contribution in [0.15, 0.2) is 66.3 Å². The number of amides is 2. The first-order chi connectivity index (χ1) is 13.3. The number of hydrogen-bond donors (Lipinski definition) is 2. The van der Waals surface area contributed by atoms with Crippen molar-refractivity contribution in [2.75, 3.05) is 13.2 Å². The Balaban J connectivity index is 2.39. The minimum absolute atomic E-state index is 0.00347. The smallest absolute Gasteiger partial charge is 0.262 e. The SMILES string of the molecule is C=C/C(=C\C(F)=C\Cl)OCC(=O)NC(=C)CCNC(=O)c1ccc(F)cc1F. The van der Waals surface area contributed by atoms with Crippen molar-refractivity contribution in [2.45, 2.75) is 6.42 Å². The van der Waals surface area contributed by atoms with Gasteiger partial charge in [0.05, 0.1) is 5.56 Å². The molecule has 28 heavy (non-hydrogen) atoms. The average molecular weight is 415 g/mol. The lowest BCUT2D eigenvalue weighted by Crippen LogP contribution is -2.30. The molecule has 0 aromatic heterocycles. The molecule has 0 aliphatic carbocycles. The summed E-state index contributed by atoms with van der Waals surface area (Å²) in [5, 5.41) is 4.85. The maximum absolute atomic E-state index is 13.5. The molecule has 2 amide bonds. The van der Waals surface area contributed by atoms with Crippen molar-refractivity contribution < 1.29 is 27.5 Å². The Kier molecular flexibility index (Phi) is 9.59. The van der Waals surface area contributed by atoms with Crippen LogP contribution in [0.2, 0.25) is 0 Å². The number of rotatable bonds is 10. The molecule has 1 rings (SSSR count). The Morgan fingerprint density at radius 3 is 2.61 bits per heavy atom. The fraction of sp³-hybridized carbons (Fsp3) is 0.158. The van der Waals surface area contributed by atoms with E-state index in [4.69, 9.17) is 16.3 Å². The van der Waals surface area contributed by atoms with Crippen molar-refractivity contribution in [2.24, 2.45) is 0 Å². The second kappa shape index (κ2) is 11.7. The van der Waals surface area contributed by atoms with E-state index >= 15 is 0 Å². The van der Waals surface area contributed by atoms with E-state index in [0.717, 1.165) is 18.2 Å². The minimum Gasteiger partial charge on any atom is -0.484 e. The van der Waals surface area contributed by atoms with Gasteiger partial charge in [0.1, 0.15) is 23.2 Å². The van der Waals surface area contributed by atoms with Gasteiger partial charge in [-0.15, -0.1) is 0 Å². The molecule has 0 spiro atoms. The number of allylic oxidation sites excluding steroid dienone is 3. The van der Waals surface area contributed by atoms with Crippen LogP contribution in [-0.2, 0) is 9.53 Å². The van der Waals surface area contributed by atoms with Gasteiger partial charge in [0.25, 0.3) is 11.8 Å². The number of halogens is 4. The van der Waals surface area contributed by atoms with Crippen LogP contribution in [0.1, 0.15) is 16.8 Å². The van der Waals surface area contributed by atoms with Gasteiger partial charge in [0, 0.05) is 36.3 Å². The zero-order chi connectivity index (χ0) is 21.1. The quantitative estimate of drug-likeness (QED) is 0.451. The van der Waals surface area contributed by atoms with Crippen LogP contribution in [0.5, 0.6) is 0 Å². The van der Waals surface area contributed by atoms with E-state index in [9.17, 15) is 22.8 Å². The molecule has 0 saturated carbocycles. The van der Waals surface area contributed by atoms with E-state index in [1.807, 2.05) is 0 Å². The molecule has 0 aliphatic heterocycles.